The van der Waals surface area contributed by atoms with Crippen LogP contribution >= 0.6 is 0 Å². The number of nitrogens with one attached hydrogen (secondary N) is 2. The maximum absolute atomic E-state index is 4.61. The Hall–Kier alpha value is -2.04. The van der Waals surface area contributed by atoms with Gasteiger partial charge >= 0.3 is 0 Å². The third-order valence-corrected chi connectivity index (χ3v) is 4.25. The lowest BCUT2D eigenvalue weighted by atomic mass is 10.0. The lowest BCUT2D eigenvalue weighted by molar-refractivity contribution is 0.266. The molecule has 5 nitrogen and oxygen atoms in total. The second-order valence-corrected chi connectivity index (χ2v) is 6.12. The van der Waals surface area contributed by atoms with E-state index in [2.05, 4.69) is 38.2 Å². The Morgan fingerprint density at radius 2 is 2.32 bits per heavy atom. The maximum Gasteiger partial charge on any atom is 0.193 e. The highest BCUT2D eigenvalue weighted by atomic mass is 15.3. The molecule has 2 heterocycles. The van der Waals surface area contributed by atoms with Crippen LogP contribution in [0.4, 0.5) is 0 Å². The van der Waals surface area contributed by atoms with E-state index in [1.54, 1.807) is 0 Å². The highest BCUT2D eigenvalue weighted by Crippen LogP contribution is 2.15. The number of guanidine groups is 1. The molecule has 3 rings (SSSR count). The molecule has 1 aromatic carbocycles. The number of likely N-dealkylation sites (tertiary alicyclic amines) is 1. The Morgan fingerprint density at radius 1 is 1.45 bits per heavy atom. The van der Waals surface area contributed by atoms with Gasteiger partial charge in [0, 0.05) is 33.1 Å². The van der Waals surface area contributed by atoms with Crippen LogP contribution in [0.25, 0.3) is 11.0 Å². The monoisotopic (exact) mass is 299 g/mol. The molecule has 1 aromatic heterocycles. The van der Waals surface area contributed by atoms with Gasteiger partial charge in [0.25, 0.3) is 0 Å². The van der Waals surface area contributed by atoms with Crippen molar-refractivity contribution in [1.29, 1.82) is 0 Å². The average Bonchev–Trinajstić information content (AvgIpc) is 2.94. The molecule has 5 heteroatoms. The van der Waals surface area contributed by atoms with Crippen molar-refractivity contribution in [1.82, 2.24) is 20.2 Å². The van der Waals surface area contributed by atoms with Gasteiger partial charge in [-0.3, -0.25) is 4.99 Å². The van der Waals surface area contributed by atoms with Crippen LogP contribution in [-0.2, 0) is 6.42 Å². The van der Waals surface area contributed by atoms with E-state index in [1.807, 2.05) is 25.2 Å². The molecule has 0 bridgehead atoms. The van der Waals surface area contributed by atoms with E-state index in [0.29, 0.717) is 0 Å². The second-order valence-electron chi connectivity index (χ2n) is 6.12. The van der Waals surface area contributed by atoms with Gasteiger partial charge in [-0.25, -0.2) is 4.98 Å². The van der Waals surface area contributed by atoms with E-state index in [4.69, 9.17) is 0 Å². The van der Waals surface area contributed by atoms with E-state index in [1.165, 1.54) is 12.8 Å². The van der Waals surface area contributed by atoms with Crippen LogP contribution in [0.15, 0.2) is 29.3 Å². The second kappa shape index (κ2) is 6.81. The van der Waals surface area contributed by atoms with Crippen LogP contribution in [0.3, 0.4) is 0 Å². The molecular formula is C17H25N5. The molecule has 2 aromatic rings. The summed E-state index contributed by atoms with van der Waals surface area (Å²) in [5.41, 5.74) is 2.14. The van der Waals surface area contributed by atoms with Gasteiger partial charge in [-0.1, -0.05) is 19.1 Å². The van der Waals surface area contributed by atoms with Gasteiger partial charge in [0.15, 0.2) is 5.96 Å². The number of hydrogen-bond donors (Lipinski definition) is 2. The maximum atomic E-state index is 4.61. The first-order chi connectivity index (χ1) is 10.8. The van der Waals surface area contributed by atoms with Crippen molar-refractivity contribution in [2.24, 2.45) is 10.9 Å². The molecule has 0 aliphatic carbocycles. The first kappa shape index (κ1) is 14.9. The van der Waals surface area contributed by atoms with Crippen LogP contribution in [-0.4, -0.2) is 47.5 Å². The van der Waals surface area contributed by atoms with Gasteiger partial charge in [0.1, 0.15) is 5.82 Å². The van der Waals surface area contributed by atoms with E-state index in [0.717, 1.165) is 54.8 Å². The molecular weight excluding hydrogens is 274 g/mol. The number of para-hydroxylation sites is 2. The fourth-order valence-electron chi connectivity index (χ4n) is 3.13. The van der Waals surface area contributed by atoms with Crippen molar-refractivity contribution in [2.75, 3.05) is 26.7 Å². The van der Waals surface area contributed by atoms with Crippen molar-refractivity contribution in [3.8, 4) is 0 Å². The Labute approximate surface area is 131 Å². The molecule has 1 unspecified atom stereocenters. The van der Waals surface area contributed by atoms with Crippen molar-refractivity contribution in [3.63, 3.8) is 0 Å². The van der Waals surface area contributed by atoms with E-state index < -0.39 is 0 Å². The SMILES string of the molecule is CN=C(NCCc1nc2ccccc2[nH]1)N1CCCC(C)C1. The third kappa shape index (κ3) is 3.40. The largest absolute Gasteiger partial charge is 0.356 e. The van der Waals surface area contributed by atoms with Gasteiger partial charge in [-0.15, -0.1) is 0 Å². The fourth-order valence-corrected chi connectivity index (χ4v) is 3.13. The zero-order valence-corrected chi connectivity index (χ0v) is 13.5. The molecule has 1 atom stereocenters. The predicted octanol–water partition coefficient (Wildman–Crippen LogP) is 2.41. The summed E-state index contributed by atoms with van der Waals surface area (Å²) < 4.78 is 0. The van der Waals surface area contributed by atoms with E-state index in [9.17, 15) is 0 Å². The first-order valence-corrected chi connectivity index (χ1v) is 8.15. The zero-order valence-electron chi connectivity index (χ0n) is 13.5. The molecule has 118 valence electrons. The minimum atomic E-state index is 0.752. The third-order valence-electron chi connectivity index (χ3n) is 4.25. The smallest absolute Gasteiger partial charge is 0.193 e. The van der Waals surface area contributed by atoms with Crippen LogP contribution in [0.1, 0.15) is 25.6 Å². The highest BCUT2D eigenvalue weighted by Gasteiger charge is 2.18. The topological polar surface area (TPSA) is 56.3 Å². The van der Waals surface area contributed by atoms with Crippen molar-refractivity contribution in [2.45, 2.75) is 26.2 Å². The number of hydrogen-bond acceptors (Lipinski definition) is 2. The molecule has 0 saturated carbocycles. The summed E-state index contributed by atoms with van der Waals surface area (Å²) in [6.07, 6.45) is 3.45. The predicted molar refractivity (Wildman–Crippen MR) is 91.1 cm³/mol. The minimum absolute atomic E-state index is 0.752. The molecule has 1 aliphatic rings. The standard InChI is InChI=1S/C17H25N5/c1-13-6-5-11-22(12-13)17(18-2)19-10-9-16-20-14-7-3-4-8-15(14)21-16/h3-4,7-8,13H,5-6,9-12H2,1-2H3,(H,18,19)(H,20,21). The first-order valence-electron chi connectivity index (χ1n) is 8.15. The van der Waals surface area contributed by atoms with E-state index >= 15 is 0 Å². The van der Waals surface area contributed by atoms with Crippen molar-refractivity contribution in [3.05, 3.63) is 30.1 Å². The molecule has 0 amide bonds. The summed E-state index contributed by atoms with van der Waals surface area (Å²) in [5.74, 6) is 2.79. The number of aromatic amines is 1. The summed E-state index contributed by atoms with van der Waals surface area (Å²) in [6.45, 7) is 5.37. The number of piperidine rings is 1. The van der Waals surface area contributed by atoms with Gasteiger partial charge in [0.2, 0.25) is 0 Å². The number of aromatic nitrogens is 2. The quantitative estimate of drug-likeness (QED) is 0.676. The summed E-state index contributed by atoms with van der Waals surface area (Å²) in [4.78, 5) is 14.8. The Bertz CT molecular complexity index is 612. The Morgan fingerprint density at radius 3 is 3.09 bits per heavy atom. The van der Waals surface area contributed by atoms with Gasteiger partial charge < -0.3 is 15.2 Å². The van der Waals surface area contributed by atoms with Crippen molar-refractivity contribution >= 4 is 17.0 Å². The molecule has 1 saturated heterocycles. The Balaban J connectivity index is 1.54. The zero-order chi connectivity index (χ0) is 15.4. The average molecular weight is 299 g/mol. The lowest BCUT2D eigenvalue weighted by Gasteiger charge is -2.33. The summed E-state index contributed by atoms with van der Waals surface area (Å²) >= 11 is 0. The van der Waals surface area contributed by atoms with E-state index in [-0.39, 0.29) is 0 Å². The van der Waals surface area contributed by atoms with Crippen LogP contribution in [0.5, 0.6) is 0 Å². The minimum Gasteiger partial charge on any atom is -0.356 e. The number of nitrogens with zero attached hydrogens (tertiary/aromatic N) is 3. The molecule has 1 fully saturated rings. The molecule has 2 N–H and O–H groups in total. The molecule has 0 spiro atoms. The number of benzene rings is 1. The van der Waals surface area contributed by atoms with Crippen molar-refractivity contribution < 1.29 is 0 Å². The number of aliphatic imine (C=N–C) groups is 1. The molecule has 0 radical (unpaired) electrons. The Kier molecular flexibility index (Phi) is 4.61. The van der Waals surface area contributed by atoms with Gasteiger partial charge in [0.05, 0.1) is 11.0 Å². The van der Waals surface area contributed by atoms with Crippen LogP contribution < -0.4 is 5.32 Å². The highest BCUT2D eigenvalue weighted by molar-refractivity contribution is 5.80. The summed E-state index contributed by atoms with van der Waals surface area (Å²) in [5, 5.41) is 3.47. The normalized spacial score (nSPS) is 19.6. The number of fused-ring (bicyclic) bond motifs is 1. The number of H-pyrrole nitrogens is 1. The van der Waals surface area contributed by atoms with Crippen LogP contribution in [0, 0.1) is 5.92 Å². The van der Waals surface area contributed by atoms with Gasteiger partial charge in [-0.2, -0.15) is 0 Å². The lowest BCUT2D eigenvalue weighted by Crippen LogP contribution is -2.46. The summed E-state index contributed by atoms with van der Waals surface area (Å²) in [6, 6.07) is 8.15. The number of imidazole rings is 1. The van der Waals surface area contributed by atoms with Gasteiger partial charge in [-0.05, 0) is 30.9 Å². The fraction of sp³-hybridized carbons (Fsp3) is 0.529. The number of rotatable bonds is 3. The summed E-state index contributed by atoms with van der Waals surface area (Å²) in [7, 11) is 1.86. The molecule has 1 aliphatic heterocycles. The molecule has 22 heavy (non-hydrogen) atoms. The van der Waals surface area contributed by atoms with Crippen LogP contribution in [0.2, 0.25) is 0 Å².